The second-order valence-corrected chi connectivity index (χ2v) is 3.64. The summed E-state index contributed by atoms with van der Waals surface area (Å²) >= 11 is 0. The molecule has 15 heavy (non-hydrogen) atoms. The van der Waals surface area contributed by atoms with Crippen molar-refractivity contribution in [2.75, 3.05) is 6.61 Å². The third-order valence-corrected chi connectivity index (χ3v) is 2.00. The molecule has 0 radical (unpaired) electrons. The summed E-state index contributed by atoms with van der Waals surface area (Å²) in [4.78, 5) is 0. The van der Waals surface area contributed by atoms with Gasteiger partial charge in [0.25, 0.3) is 0 Å². The van der Waals surface area contributed by atoms with Crippen molar-refractivity contribution in [1.29, 1.82) is 0 Å². The molecule has 0 aliphatic heterocycles. The third kappa shape index (κ3) is 3.42. The van der Waals surface area contributed by atoms with E-state index >= 15 is 0 Å². The van der Waals surface area contributed by atoms with Gasteiger partial charge in [0.05, 0.1) is 0 Å². The highest BCUT2D eigenvalue weighted by atomic mass is 16.5. The van der Waals surface area contributed by atoms with E-state index in [4.69, 9.17) is 14.8 Å². The van der Waals surface area contributed by atoms with Gasteiger partial charge in [0.15, 0.2) is 0 Å². The lowest BCUT2D eigenvalue weighted by atomic mass is 9.77. The number of aryl methyl sites for hydroxylation is 1. The number of hydrogen-bond donors (Lipinski definition) is 2. The van der Waals surface area contributed by atoms with E-state index < -0.39 is 7.12 Å². The minimum atomic E-state index is -1.43. The molecule has 4 heteroatoms. The number of ether oxygens (including phenoxy) is 1. The molecule has 0 saturated carbocycles. The summed E-state index contributed by atoms with van der Waals surface area (Å²) in [7, 11) is -1.43. The van der Waals surface area contributed by atoms with E-state index in [9.17, 15) is 0 Å². The molecule has 2 N–H and O–H groups in total. The van der Waals surface area contributed by atoms with Crippen LogP contribution in [0.2, 0.25) is 0 Å². The summed E-state index contributed by atoms with van der Waals surface area (Å²) in [5.41, 5.74) is 2.24. The second kappa shape index (κ2) is 5.00. The smallest absolute Gasteiger partial charge is 0.488 e. The van der Waals surface area contributed by atoms with Crippen LogP contribution in [-0.4, -0.2) is 23.8 Å². The van der Waals surface area contributed by atoms with E-state index in [1.54, 1.807) is 18.2 Å². The maximum Gasteiger partial charge on any atom is 0.488 e. The van der Waals surface area contributed by atoms with Crippen LogP contribution in [-0.2, 0) is 0 Å². The minimum Gasteiger partial charge on any atom is -0.489 e. The lowest BCUT2D eigenvalue weighted by Gasteiger charge is -2.09. The highest BCUT2D eigenvalue weighted by Crippen LogP contribution is 2.12. The number of benzene rings is 1. The van der Waals surface area contributed by atoms with Crippen molar-refractivity contribution in [2.24, 2.45) is 0 Å². The molecule has 0 fully saturated rings. The first-order valence-electron chi connectivity index (χ1n) is 4.74. The zero-order valence-electron chi connectivity index (χ0n) is 9.03. The van der Waals surface area contributed by atoms with Crippen LogP contribution in [0.15, 0.2) is 30.4 Å². The standard InChI is InChI=1S/C11H15BO3/c1-8(2)7-15-10-4-5-11(12(13)14)9(3)6-10/h4-6,13-14H,1,7H2,2-3H3. The first-order valence-corrected chi connectivity index (χ1v) is 4.74. The summed E-state index contributed by atoms with van der Waals surface area (Å²) in [6, 6.07) is 5.14. The van der Waals surface area contributed by atoms with Gasteiger partial charge >= 0.3 is 7.12 Å². The molecule has 0 atom stereocenters. The lowest BCUT2D eigenvalue weighted by Crippen LogP contribution is -2.31. The second-order valence-electron chi connectivity index (χ2n) is 3.64. The van der Waals surface area contributed by atoms with Crippen molar-refractivity contribution < 1.29 is 14.8 Å². The topological polar surface area (TPSA) is 49.7 Å². The van der Waals surface area contributed by atoms with E-state index in [1.165, 1.54) is 0 Å². The lowest BCUT2D eigenvalue weighted by molar-refractivity contribution is 0.352. The Kier molecular flexibility index (Phi) is 3.94. The minimum absolute atomic E-state index is 0.473. The summed E-state index contributed by atoms with van der Waals surface area (Å²) < 4.78 is 5.42. The largest absolute Gasteiger partial charge is 0.489 e. The zero-order valence-corrected chi connectivity index (χ0v) is 9.03. The molecule has 0 aliphatic carbocycles. The van der Waals surface area contributed by atoms with E-state index in [0.29, 0.717) is 17.8 Å². The molecule has 1 rings (SSSR count). The van der Waals surface area contributed by atoms with E-state index in [2.05, 4.69) is 6.58 Å². The van der Waals surface area contributed by atoms with Gasteiger partial charge in [-0.15, -0.1) is 0 Å². The first-order chi connectivity index (χ1) is 7.00. The maximum atomic E-state index is 9.01. The average molecular weight is 206 g/mol. The van der Waals surface area contributed by atoms with Crippen LogP contribution in [0.5, 0.6) is 5.75 Å². The predicted octanol–water partition coefficient (Wildman–Crippen LogP) is 0.630. The van der Waals surface area contributed by atoms with Gasteiger partial charge in [-0.2, -0.15) is 0 Å². The SMILES string of the molecule is C=C(C)COc1ccc(B(O)O)c(C)c1. The number of rotatable bonds is 4. The van der Waals surface area contributed by atoms with Gasteiger partial charge in [-0.05, 0) is 42.6 Å². The Morgan fingerprint density at radius 1 is 1.47 bits per heavy atom. The molecule has 0 saturated heterocycles. The fourth-order valence-corrected chi connectivity index (χ4v) is 1.23. The summed E-state index contributed by atoms with van der Waals surface area (Å²) in [5.74, 6) is 0.708. The zero-order chi connectivity index (χ0) is 11.4. The van der Waals surface area contributed by atoms with E-state index in [-0.39, 0.29) is 0 Å². The molecule has 0 heterocycles. The quantitative estimate of drug-likeness (QED) is 0.561. The molecule has 1 aromatic carbocycles. The van der Waals surface area contributed by atoms with Gasteiger partial charge in [-0.25, -0.2) is 0 Å². The molecular formula is C11H15BO3. The van der Waals surface area contributed by atoms with Crippen LogP contribution in [0.1, 0.15) is 12.5 Å². The summed E-state index contributed by atoms with van der Waals surface area (Å²) in [5, 5.41) is 18.0. The van der Waals surface area contributed by atoms with Crippen LogP contribution in [0.25, 0.3) is 0 Å². The molecule has 0 amide bonds. The Balaban J connectivity index is 2.77. The fraction of sp³-hybridized carbons (Fsp3) is 0.273. The molecular weight excluding hydrogens is 191 g/mol. The van der Waals surface area contributed by atoms with Crippen LogP contribution in [0, 0.1) is 6.92 Å². The van der Waals surface area contributed by atoms with Crippen molar-refractivity contribution in [3.05, 3.63) is 35.9 Å². The molecule has 0 aliphatic rings. The van der Waals surface area contributed by atoms with Gasteiger partial charge in [0.1, 0.15) is 12.4 Å². The van der Waals surface area contributed by atoms with Gasteiger partial charge < -0.3 is 14.8 Å². The highest BCUT2D eigenvalue weighted by Gasteiger charge is 2.13. The molecule has 0 unspecified atom stereocenters. The van der Waals surface area contributed by atoms with Gasteiger partial charge in [0, 0.05) is 0 Å². The first kappa shape index (κ1) is 11.8. The van der Waals surface area contributed by atoms with Crippen molar-refractivity contribution in [2.45, 2.75) is 13.8 Å². The third-order valence-electron chi connectivity index (χ3n) is 2.00. The Morgan fingerprint density at radius 2 is 2.13 bits per heavy atom. The van der Waals surface area contributed by atoms with E-state index in [1.807, 2.05) is 13.8 Å². The molecule has 0 aromatic heterocycles. The van der Waals surface area contributed by atoms with Gasteiger partial charge in [-0.3, -0.25) is 0 Å². The van der Waals surface area contributed by atoms with E-state index in [0.717, 1.165) is 11.1 Å². The summed E-state index contributed by atoms with van der Waals surface area (Å²) in [6.45, 7) is 7.90. The van der Waals surface area contributed by atoms with Crippen molar-refractivity contribution in [1.82, 2.24) is 0 Å². The molecule has 80 valence electrons. The van der Waals surface area contributed by atoms with Crippen LogP contribution >= 0.6 is 0 Å². The predicted molar refractivity (Wildman–Crippen MR) is 61.3 cm³/mol. The Hall–Kier alpha value is -1.26. The van der Waals surface area contributed by atoms with Gasteiger partial charge in [0.2, 0.25) is 0 Å². The highest BCUT2D eigenvalue weighted by molar-refractivity contribution is 6.59. The van der Waals surface area contributed by atoms with Crippen molar-refractivity contribution in [3.8, 4) is 5.75 Å². The molecule has 3 nitrogen and oxygen atoms in total. The summed E-state index contributed by atoms with van der Waals surface area (Å²) in [6.07, 6.45) is 0. The van der Waals surface area contributed by atoms with Crippen molar-refractivity contribution in [3.63, 3.8) is 0 Å². The fourth-order valence-electron chi connectivity index (χ4n) is 1.23. The molecule has 1 aromatic rings. The maximum absolute atomic E-state index is 9.01. The monoisotopic (exact) mass is 206 g/mol. The Morgan fingerprint density at radius 3 is 2.60 bits per heavy atom. The number of hydrogen-bond acceptors (Lipinski definition) is 3. The average Bonchev–Trinajstić information content (AvgIpc) is 2.14. The van der Waals surface area contributed by atoms with Crippen LogP contribution < -0.4 is 10.2 Å². The van der Waals surface area contributed by atoms with Crippen molar-refractivity contribution >= 4 is 12.6 Å². The van der Waals surface area contributed by atoms with Crippen LogP contribution in [0.4, 0.5) is 0 Å². The Bertz CT molecular complexity index is 361. The Labute approximate surface area is 90.2 Å². The van der Waals surface area contributed by atoms with Crippen LogP contribution in [0.3, 0.4) is 0 Å². The molecule has 0 spiro atoms. The normalized spacial score (nSPS) is 9.87. The molecule has 0 bridgehead atoms. The van der Waals surface area contributed by atoms with Gasteiger partial charge in [-0.1, -0.05) is 12.6 Å².